The van der Waals surface area contributed by atoms with Gasteiger partial charge in [-0.3, -0.25) is 0 Å². The highest BCUT2D eigenvalue weighted by Gasteiger charge is 2.05. The Morgan fingerprint density at radius 1 is 0.619 bits per heavy atom. The molecule has 0 fully saturated rings. The van der Waals surface area contributed by atoms with Crippen LogP contribution in [0.2, 0.25) is 0 Å². The minimum absolute atomic E-state index is 0.963. The Labute approximate surface area is 124 Å². The summed E-state index contributed by atoms with van der Waals surface area (Å²) in [5, 5.41) is 5.33. The average Bonchev–Trinajstić information content (AvgIpc) is 2.56. The smallest absolute Gasteiger partial charge is 0.00196 e. The maximum atomic E-state index is 3.08. The van der Waals surface area contributed by atoms with Crippen molar-refractivity contribution >= 4 is 21.5 Å². The SMILES string of the molecule is [c]1ccc(Cc2cccc3c2ccc2ccccc23)cc1. The molecule has 99 valence electrons. The third kappa shape index (κ3) is 2.19. The molecule has 21 heavy (non-hydrogen) atoms. The van der Waals surface area contributed by atoms with Gasteiger partial charge < -0.3 is 0 Å². The molecule has 0 atom stereocenters. The molecule has 0 saturated heterocycles. The van der Waals surface area contributed by atoms with E-state index >= 15 is 0 Å². The zero-order chi connectivity index (χ0) is 14.1. The van der Waals surface area contributed by atoms with Gasteiger partial charge in [0.1, 0.15) is 0 Å². The highest BCUT2D eigenvalue weighted by molar-refractivity contribution is 6.08. The standard InChI is InChI=1S/C21H15/c1-2-7-16(8-3-1)15-18-10-6-12-21-19-11-5-4-9-17(19)13-14-20(18)21/h2-14H,15H2. The quantitative estimate of drug-likeness (QED) is 0.427. The molecular weight excluding hydrogens is 252 g/mol. The predicted molar refractivity (Wildman–Crippen MR) is 89.5 cm³/mol. The van der Waals surface area contributed by atoms with Crippen molar-refractivity contribution in [3.8, 4) is 0 Å². The predicted octanol–water partition coefficient (Wildman–Crippen LogP) is 5.38. The topological polar surface area (TPSA) is 0 Å². The van der Waals surface area contributed by atoms with E-state index in [1.807, 2.05) is 12.1 Å². The van der Waals surface area contributed by atoms with E-state index in [1.54, 1.807) is 0 Å². The maximum Gasteiger partial charge on any atom is -0.00196 e. The van der Waals surface area contributed by atoms with E-state index in [4.69, 9.17) is 0 Å². The summed E-state index contributed by atoms with van der Waals surface area (Å²) in [5.74, 6) is 0. The summed E-state index contributed by atoms with van der Waals surface area (Å²) in [6.45, 7) is 0. The van der Waals surface area contributed by atoms with Crippen molar-refractivity contribution in [1.29, 1.82) is 0 Å². The van der Waals surface area contributed by atoms with Crippen LogP contribution in [0.4, 0.5) is 0 Å². The lowest BCUT2D eigenvalue weighted by atomic mass is 9.95. The van der Waals surface area contributed by atoms with Crippen LogP contribution in [0.5, 0.6) is 0 Å². The van der Waals surface area contributed by atoms with Gasteiger partial charge in [0.15, 0.2) is 0 Å². The van der Waals surface area contributed by atoms with Gasteiger partial charge >= 0.3 is 0 Å². The Hall–Kier alpha value is -2.60. The van der Waals surface area contributed by atoms with Crippen LogP contribution in [-0.2, 0) is 6.42 Å². The molecule has 0 aliphatic heterocycles. The molecule has 0 heteroatoms. The second-order valence-corrected chi connectivity index (χ2v) is 5.38. The molecule has 0 aliphatic carbocycles. The number of benzene rings is 4. The van der Waals surface area contributed by atoms with Gasteiger partial charge in [0.05, 0.1) is 0 Å². The molecule has 0 aliphatic rings. The summed E-state index contributed by atoms with van der Waals surface area (Å²) >= 11 is 0. The zero-order valence-corrected chi connectivity index (χ0v) is 11.7. The third-order valence-corrected chi connectivity index (χ3v) is 4.06. The molecule has 4 aromatic carbocycles. The van der Waals surface area contributed by atoms with Crippen LogP contribution >= 0.6 is 0 Å². The minimum Gasteiger partial charge on any atom is -0.0616 e. The van der Waals surface area contributed by atoms with Gasteiger partial charge in [-0.05, 0) is 45.2 Å². The molecule has 1 radical (unpaired) electrons. The first-order valence-electron chi connectivity index (χ1n) is 7.26. The van der Waals surface area contributed by atoms with E-state index in [0.717, 1.165) is 6.42 Å². The lowest BCUT2D eigenvalue weighted by molar-refractivity contribution is 1.21. The summed E-state index contributed by atoms with van der Waals surface area (Å²) in [7, 11) is 0. The molecular formula is C21H15. The molecule has 4 rings (SSSR count). The average molecular weight is 267 g/mol. The third-order valence-electron chi connectivity index (χ3n) is 4.06. The number of hydrogen-bond acceptors (Lipinski definition) is 0. The Morgan fingerprint density at radius 2 is 1.43 bits per heavy atom. The number of rotatable bonds is 2. The molecule has 0 aromatic heterocycles. The van der Waals surface area contributed by atoms with Gasteiger partial charge in [-0.1, -0.05) is 78.9 Å². The van der Waals surface area contributed by atoms with E-state index in [-0.39, 0.29) is 0 Å². The van der Waals surface area contributed by atoms with Crippen LogP contribution in [-0.4, -0.2) is 0 Å². The fraction of sp³-hybridized carbons (Fsp3) is 0.0476. The highest BCUT2D eigenvalue weighted by atomic mass is 14.1. The first-order valence-corrected chi connectivity index (χ1v) is 7.26. The van der Waals surface area contributed by atoms with Crippen LogP contribution < -0.4 is 0 Å². The van der Waals surface area contributed by atoms with Gasteiger partial charge in [-0.15, -0.1) is 0 Å². The molecule has 0 amide bonds. The fourth-order valence-electron chi connectivity index (χ4n) is 3.02. The lowest BCUT2D eigenvalue weighted by Crippen LogP contribution is -1.90. The summed E-state index contributed by atoms with van der Waals surface area (Å²) in [5.41, 5.74) is 2.71. The van der Waals surface area contributed by atoms with E-state index in [9.17, 15) is 0 Å². The van der Waals surface area contributed by atoms with Crippen molar-refractivity contribution in [1.82, 2.24) is 0 Å². The first-order chi connectivity index (χ1) is 10.4. The van der Waals surface area contributed by atoms with Crippen molar-refractivity contribution < 1.29 is 0 Å². The molecule has 0 nitrogen and oxygen atoms in total. The molecule has 0 unspecified atom stereocenters. The summed E-state index contributed by atoms with van der Waals surface area (Å²) in [6, 6.07) is 31.0. The molecule has 0 heterocycles. The van der Waals surface area contributed by atoms with E-state index in [1.165, 1.54) is 32.7 Å². The molecule has 0 spiro atoms. The normalized spacial score (nSPS) is 11.0. The number of fused-ring (bicyclic) bond motifs is 3. The number of hydrogen-bond donors (Lipinski definition) is 0. The second-order valence-electron chi connectivity index (χ2n) is 5.38. The van der Waals surface area contributed by atoms with Crippen LogP contribution in [0.3, 0.4) is 0 Å². The minimum atomic E-state index is 0.963. The fourth-order valence-corrected chi connectivity index (χ4v) is 3.02. The van der Waals surface area contributed by atoms with E-state index in [2.05, 4.69) is 72.8 Å². The Bertz CT molecular complexity index is 905. The Balaban J connectivity index is 1.92. The molecule has 0 N–H and O–H groups in total. The van der Waals surface area contributed by atoms with Crippen molar-refractivity contribution in [3.05, 3.63) is 96.1 Å². The van der Waals surface area contributed by atoms with Gasteiger partial charge in [0.2, 0.25) is 0 Å². The molecule has 0 saturated carbocycles. The molecule has 0 bridgehead atoms. The van der Waals surface area contributed by atoms with Gasteiger partial charge in [-0.25, -0.2) is 0 Å². The van der Waals surface area contributed by atoms with Gasteiger partial charge in [-0.2, -0.15) is 0 Å². The van der Waals surface area contributed by atoms with Crippen molar-refractivity contribution in [2.24, 2.45) is 0 Å². The van der Waals surface area contributed by atoms with Gasteiger partial charge in [0, 0.05) is 0 Å². The summed E-state index contributed by atoms with van der Waals surface area (Å²) in [6.07, 6.45) is 0.963. The first kappa shape index (κ1) is 12.2. The lowest BCUT2D eigenvalue weighted by Gasteiger charge is -2.09. The maximum absolute atomic E-state index is 3.08. The zero-order valence-electron chi connectivity index (χ0n) is 11.7. The van der Waals surface area contributed by atoms with E-state index in [0.29, 0.717) is 0 Å². The highest BCUT2D eigenvalue weighted by Crippen LogP contribution is 2.28. The van der Waals surface area contributed by atoms with E-state index < -0.39 is 0 Å². The largest absolute Gasteiger partial charge is 0.0616 e. The van der Waals surface area contributed by atoms with Crippen LogP contribution in [0.1, 0.15) is 11.1 Å². The Morgan fingerprint density at radius 3 is 2.33 bits per heavy atom. The van der Waals surface area contributed by atoms with Gasteiger partial charge in [0.25, 0.3) is 0 Å². The van der Waals surface area contributed by atoms with Crippen molar-refractivity contribution in [3.63, 3.8) is 0 Å². The second kappa shape index (κ2) is 5.06. The van der Waals surface area contributed by atoms with Crippen LogP contribution in [0, 0.1) is 6.07 Å². The van der Waals surface area contributed by atoms with Crippen molar-refractivity contribution in [2.75, 3.05) is 0 Å². The van der Waals surface area contributed by atoms with Crippen LogP contribution in [0.25, 0.3) is 21.5 Å². The van der Waals surface area contributed by atoms with Crippen molar-refractivity contribution in [2.45, 2.75) is 6.42 Å². The summed E-state index contributed by atoms with van der Waals surface area (Å²) < 4.78 is 0. The monoisotopic (exact) mass is 267 g/mol. The summed E-state index contributed by atoms with van der Waals surface area (Å²) in [4.78, 5) is 0. The van der Waals surface area contributed by atoms with Crippen LogP contribution in [0.15, 0.2) is 78.9 Å². The molecule has 4 aromatic rings. The Kier molecular flexibility index (Phi) is 2.93.